The molecule has 22 heavy (non-hydrogen) atoms. The van der Waals surface area contributed by atoms with Crippen LogP contribution in [0.25, 0.3) is 0 Å². The van der Waals surface area contributed by atoms with Crippen LogP contribution >= 0.6 is 0 Å². The highest BCUT2D eigenvalue weighted by atomic mass is 16.4. The maximum atomic E-state index is 12.3. The van der Waals surface area contributed by atoms with Crippen molar-refractivity contribution in [2.75, 3.05) is 0 Å². The Morgan fingerprint density at radius 2 is 1.50 bits per heavy atom. The van der Waals surface area contributed by atoms with Crippen molar-refractivity contribution in [2.45, 2.75) is 24.9 Å². The van der Waals surface area contributed by atoms with E-state index in [1.54, 1.807) is 0 Å². The van der Waals surface area contributed by atoms with Gasteiger partial charge in [-0.05, 0) is 17.5 Å². The summed E-state index contributed by atoms with van der Waals surface area (Å²) in [5.74, 6) is -1.05. The highest BCUT2D eigenvalue weighted by molar-refractivity contribution is 5.88. The summed E-state index contributed by atoms with van der Waals surface area (Å²) in [6.07, 6.45) is 0.650. The molecule has 0 saturated carbocycles. The van der Waals surface area contributed by atoms with Crippen molar-refractivity contribution in [1.82, 2.24) is 4.90 Å². The van der Waals surface area contributed by atoms with Crippen molar-refractivity contribution in [2.24, 2.45) is 0 Å². The van der Waals surface area contributed by atoms with Crippen LogP contribution in [-0.4, -0.2) is 27.9 Å². The second-order valence-corrected chi connectivity index (χ2v) is 5.42. The fraction of sp³-hybridized carbons (Fsp3) is 0.222. The highest BCUT2D eigenvalue weighted by Gasteiger charge is 2.41. The van der Waals surface area contributed by atoms with E-state index < -0.39 is 12.0 Å². The molecule has 0 aliphatic carbocycles. The number of benzene rings is 2. The molecule has 1 aliphatic rings. The van der Waals surface area contributed by atoms with Crippen LogP contribution < -0.4 is 0 Å². The van der Waals surface area contributed by atoms with Gasteiger partial charge in [0.2, 0.25) is 5.91 Å². The Morgan fingerprint density at radius 1 is 1.00 bits per heavy atom. The Labute approximate surface area is 129 Å². The molecular weight excluding hydrogens is 278 g/mol. The van der Waals surface area contributed by atoms with Crippen molar-refractivity contribution in [3.63, 3.8) is 0 Å². The Hall–Kier alpha value is -2.62. The fourth-order valence-corrected chi connectivity index (χ4v) is 3.05. The molecule has 2 aromatic carbocycles. The van der Waals surface area contributed by atoms with Gasteiger partial charge in [-0.25, -0.2) is 4.79 Å². The van der Waals surface area contributed by atoms with Gasteiger partial charge in [-0.1, -0.05) is 60.7 Å². The maximum Gasteiger partial charge on any atom is 0.326 e. The van der Waals surface area contributed by atoms with Gasteiger partial charge < -0.3 is 10.0 Å². The second-order valence-electron chi connectivity index (χ2n) is 5.42. The van der Waals surface area contributed by atoms with E-state index in [-0.39, 0.29) is 18.4 Å². The van der Waals surface area contributed by atoms with Crippen LogP contribution in [0.3, 0.4) is 0 Å². The van der Waals surface area contributed by atoms with Gasteiger partial charge in [0.05, 0.1) is 6.04 Å². The highest BCUT2D eigenvalue weighted by Crippen LogP contribution is 2.35. The Kier molecular flexibility index (Phi) is 3.92. The number of likely N-dealkylation sites (tertiary alicyclic amines) is 1. The molecule has 1 amide bonds. The average molecular weight is 295 g/mol. The summed E-state index contributed by atoms with van der Waals surface area (Å²) in [6.45, 7) is 0. The van der Waals surface area contributed by atoms with E-state index in [9.17, 15) is 14.7 Å². The number of aliphatic carboxylic acids is 1. The summed E-state index contributed by atoms with van der Waals surface area (Å²) in [7, 11) is 0. The monoisotopic (exact) mass is 295 g/mol. The molecule has 0 aromatic heterocycles. The lowest BCUT2D eigenvalue weighted by Crippen LogP contribution is -2.41. The Balaban J connectivity index is 2.09. The predicted molar refractivity (Wildman–Crippen MR) is 82.2 cm³/mol. The second kappa shape index (κ2) is 6.02. The molecule has 0 bridgehead atoms. The first-order valence-corrected chi connectivity index (χ1v) is 7.32. The summed E-state index contributed by atoms with van der Waals surface area (Å²) < 4.78 is 0. The van der Waals surface area contributed by atoms with Crippen molar-refractivity contribution in [1.29, 1.82) is 0 Å². The lowest BCUT2D eigenvalue weighted by Gasteiger charge is -2.32. The van der Waals surface area contributed by atoms with Gasteiger partial charge in [0.25, 0.3) is 0 Å². The maximum absolute atomic E-state index is 12.3. The standard InChI is InChI=1S/C18H17NO3/c20-16-12-11-15(18(21)22)19(16)17(13-7-3-1-4-8-13)14-9-5-2-6-10-14/h1-10,15,17H,11-12H2,(H,21,22)/t15-/m1/s1. The van der Waals surface area contributed by atoms with Gasteiger partial charge in [0.1, 0.15) is 6.04 Å². The van der Waals surface area contributed by atoms with Crippen LogP contribution in [0.4, 0.5) is 0 Å². The SMILES string of the molecule is O=C(O)[C@H]1CCC(=O)N1C(c1ccccc1)c1ccccc1. The number of rotatable bonds is 4. The predicted octanol–water partition coefficient (Wildman–Crippen LogP) is 2.85. The summed E-state index contributed by atoms with van der Waals surface area (Å²) in [5.41, 5.74) is 1.85. The molecule has 2 aromatic rings. The third kappa shape index (κ3) is 2.60. The normalized spacial score (nSPS) is 18.0. The van der Waals surface area contributed by atoms with E-state index in [4.69, 9.17) is 0 Å². The van der Waals surface area contributed by atoms with Crippen LogP contribution in [0.5, 0.6) is 0 Å². The third-order valence-electron chi connectivity index (χ3n) is 4.05. The lowest BCUT2D eigenvalue weighted by molar-refractivity contribution is -0.147. The summed E-state index contributed by atoms with van der Waals surface area (Å²) in [4.78, 5) is 25.4. The quantitative estimate of drug-likeness (QED) is 0.943. The van der Waals surface area contributed by atoms with E-state index in [1.807, 2.05) is 60.7 Å². The minimum atomic E-state index is -0.942. The van der Waals surface area contributed by atoms with Gasteiger partial charge in [-0.15, -0.1) is 0 Å². The molecule has 0 unspecified atom stereocenters. The van der Waals surface area contributed by atoms with Crippen molar-refractivity contribution < 1.29 is 14.7 Å². The van der Waals surface area contributed by atoms with E-state index in [0.29, 0.717) is 6.42 Å². The van der Waals surface area contributed by atoms with E-state index in [2.05, 4.69) is 0 Å². The molecular formula is C18H17NO3. The lowest BCUT2D eigenvalue weighted by atomic mass is 9.96. The molecule has 1 aliphatic heterocycles. The zero-order valence-corrected chi connectivity index (χ0v) is 12.1. The number of nitrogens with zero attached hydrogens (tertiary/aromatic N) is 1. The minimum Gasteiger partial charge on any atom is -0.480 e. The number of hydrogen-bond acceptors (Lipinski definition) is 2. The first-order chi connectivity index (χ1) is 10.7. The molecule has 4 heteroatoms. The van der Waals surface area contributed by atoms with Crippen molar-refractivity contribution >= 4 is 11.9 Å². The molecule has 1 heterocycles. The first-order valence-electron chi connectivity index (χ1n) is 7.32. The van der Waals surface area contributed by atoms with Gasteiger partial charge in [-0.3, -0.25) is 4.79 Å². The zero-order chi connectivity index (χ0) is 15.5. The van der Waals surface area contributed by atoms with E-state index in [1.165, 1.54) is 4.90 Å². The van der Waals surface area contributed by atoms with Crippen LogP contribution in [0, 0.1) is 0 Å². The van der Waals surface area contributed by atoms with Crippen molar-refractivity contribution in [3.8, 4) is 0 Å². The van der Waals surface area contributed by atoms with E-state index >= 15 is 0 Å². The molecule has 4 nitrogen and oxygen atoms in total. The largest absolute Gasteiger partial charge is 0.480 e. The number of carbonyl (C=O) groups excluding carboxylic acids is 1. The fourth-order valence-electron chi connectivity index (χ4n) is 3.05. The number of carboxylic acids is 1. The molecule has 0 radical (unpaired) electrons. The molecule has 1 atom stereocenters. The van der Waals surface area contributed by atoms with Crippen LogP contribution in [0.1, 0.15) is 30.0 Å². The smallest absolute Gasteiger partial charge is 0.326 e. The van der Waals surface area contributed by atoms with Gasteiger partial charge >= 0.3 is 5.97 Å². The Morgan fingerprint density at radius 3 is 1.95 bits per heavy atom. The molecule has 1 saturated heterocycles. The van der Waals surface area contributed by atoms with Crippen LogP contribution in [0.15, 0.2) is 60.7 Å². The van der Waals surface area contributed by atoms with Gasteiger partial charge in [0, 0.05) is 6.42 Å². The zero-order valence-electron chi connectivity index (χ0n) is 12.1. The molecule has 3 rings (SSSR count). The number of amides is 1. The number of carbonyl (C=O) groups is 2. The van der Waals surface area contributed by atoms with E-state index in [0.717, 1.165) is 11.1 Å². The molecule has 0 spiro atoms. The molecule has 1 N–H and O–H groups in total. The average Bonchev–Trinajstić information content (AvgIpc) is 2.92. The summed E-state index contributed by atoms with van der Waals surface area (Å²) >= 11 is 0. The molecule has 1 fully saturated rings. The van der Waals surface area contributed by atoms with Crippen LogP contribution in [0.2, 0.25) is 0 Å². The number of hydrogen-bond donors (Lipinski definition) is 1. The summed E-state index contributed by atoms with van der Waals surface area (Å²) in [6, 6.07) is 18.0. The van der Waals surface area contributed by atoms with Gasteiger partial charge in [0.15, 0.2) is 0 Å². The number of carboxylic acid groups (broad SMARTS) is 1. The summed E-state index contributed by atoms with van der Waals surface area (Å²) in [5, 5.41) is 9.45. The third-order valence-corrected chi connectivity index (χ3v) is 4.05. The van der Waals surface area contributed by atoms with Gasteiger partial charge in [-0.2, -0.15) is 0 Å². The van der Waals surface area contributed by atoms with Crippen LogP contribution in [-0.2, 0) is 9.59 Å². The Bertz CT molecular complexity index is 630. The van der Waals surface area contributed by atoms with Crippen molar-refractivity contribution in [3.05, 3.63) is 71.8 Å². The topological polar surface area (TPSA) is 57.6 Å². The minimum absolute atomic E-state index is 0.106. The molecule has 112 valence electrons. The first kappa shape index (κ1) is 14.3.